The molecule has 0 amide bonds. The van der Waals surface area contributed by atoms with E-state index in [4.69, 9.17) is 4.52 Å². The molecule has 3 rings (SSSR count). The summed E-state index contributed by atoms with van der Waals surface area (Å²) in [5.41, 5.74) is 0.783. The van der Waals surface area contributed by atoms with Gasteiger partial charge in [-0.05, 0) is 26.3 Å². The molecule has 0 saturated carbocycles. The highest BCUT2D eigenvalue weighted by Crippen LogP contribution is 2.31. The Morgan fingerprint density at radius 2 is 2.38 bits per heavy atom. The van der Waals surface area contributed by atoms with Crippen molar-refractivity contribution in [2.45, 2.75) is 31.8 Å². The van der Waals surface area contributed by atoms with Crippen LogP contribution in [0.15, 0.2) is 23.0 Å². The number of hydrogen-bond donors (Lipinski definition) is 1. The van der Waals surface area contributed by atoms with Crippen molar-refractivity contribution < 1.29 is 14.4 Å². The molecule has 1 aliphatic rings. The van der Waals surface area contributed by atoms with Crippen LogP contribution in [0.5, 0.6) is 0 Å². The quantitative estimate of drug-likeness (QED) is 0.919. The Labute approximate surface area is 122 Å². The van der Waals surface area contributed by atoms with Crippen molar-refractivity contribution in [1.82, 2.24) is 19.8 Å². The Morgan fingerprint density at radius 1 is 1.57 bits per heavy atom. The largest absolute Gasteiger partial charge is 0.480 e. The third-order valence-electron chi connectivity index (χ3n) is 4.16. The van der Waals surface area contributed by atoms with Gasteiger partial charge >= 0.3 is 5.97 Å². The number of likely N-dealkylation sites (tertiary alicyclic amines) is 1. The van der Waals surface area contributed by atoms with Crippen molar-refractivity contribution in [2.75, 3.05) is 6.54 Å². The number of aliphatic carboxylic acids is 1. The van der Waals surface area contributed by atoms with Gasteiger partial charge in [-0.25, -0.2) is 0 Å². The molecule has 1 unspecified atom stereocenters. The van der Waals surface area contributed by atoms with Crippen LogP contribution in [-0.2, 0) is 18.4 Å². The average Bonchev–Trinajstić information content (AvgIpc) is 3.12. The van der Waals surface area contributed by atoms with Crippen molar-refractivity contribution in [3.05, 3.63) is 24.2 Å². The molecule has 1 saturated heterocycles. The van der Waals surface area contributed by atoms with E-state index in [1.807, 2.05) is 24.2 Å². The SMILES string of the molecule is Cn1cc(-c2cc(CN3CCCC3(C)C(=O)O)on2)cn1. The van der Waals surface area contributed by atoms with Crippen LogP contribution < -0.4 is 0 Å². The number of hydrogen-bond acceptors (Lipinski definition) is 5. The van der Waals surface area contributed by atoms with Crippen LogP contribution in [0.2, 0.25) is 0 Å². The zero-order valence-electron chi connectivity index (χ0n) is 12.1. The molecule has 3 heterocycles. The van der Waals surface area contributed by atoms with E-state index in [1.165, 1.54) is 0 Å². The van der Waals surface area contributed by atoms with Crippen LogP contribution in [0.3, 0.4) is 0 Å². The first-order valence-electron chi connectivity index (χ1n) is 6.92. The lowest BCUT2D eigenvalue weighted by molar-refractivity contribution is -0.149. The van der Waals surface area contributed by atoms with Gasteiger partial charge in [0.2, 0.25) is 0 Å². The molecule has 0 radical (unpaired) electrons. The van der Waals surface area contributed by atoms with E-state index in [1.54, 1.807) is 17.8 Å². The minimum absolute atomic E-state index is 0.454. The molecule has 1 N–H and O–H groups in total. The van der Waals surface area contributed by atoms with Crippen molar-refractivity contribution in [2.24, 2.45) is 7.05 Å². The van der Waals surface area contributed by atoms with E-state index in [0.29, 0.717) is 24.4 Å². The third kappa shape index (κ3) is 2.44. The number of rotatable bonds is 4. The fourth-order valence-corrected chi connectivity index (χ4v) is 2.78. The summed E-state index contributed by atoms with van der Waals surface area (Å²) in [4.78, 5) is 13.4. The number of carboxylic acid groups (broad SMARTS) is 1. The van der Waals surface area contributed by atoms with Gasteiger partial charge in [0.15, 0.2) is 5.76 Å². The minimum atomic E-state index is -0.818. The molecule has 7 nitrogen and oxygen atoms in total. The summed E-state index contributed by atoms with van der Waals surface area (Å²) in [5.74, 6) is -0.116. The van der Waals surface area contributed by atoms with Crippen LogP contribution in [-0.4, -0.2) is 43.0 Å². The van der Waals surface area contributed by atoms with Crippen LogP contribution in [0.1, 0.15) is 25.5 Å². The minimum Gasteiger partial charge on any atom is -0.480 e. The van der Waals surface area contributed by atoms with Crippen LogP contribution in [0, 0.1) is 0 Å². The molecule has 0 spiro atoms. The van der Waals surface area contributed by atoms with E-state index >= 15 is 0 Å². The second-order valence-electron chi connectivity index (χ2n) is 5.69. The molecular weight excluding hydrogens is 272 g/mol. The Bertz CT molecular complexity index is 663. The molecule has 1 aliphatic heterocycles. The zero-order valence-corrected chi connectivity index (χ0v) is 12.1. The van der Waals surface area contributed by atoms with Gasteiger partial charge in [-0.2, -0.15) is 5.10 Å². The van der Waals surface area contributed by atoms with Gasteiger partial charge in [-0.1, -0.05) is 5.16 Å². The molecule has 0 aliphatic carbocycles. The molecule has 1 atom stereocenters. The first kappa shape index (κ1) is 13.8. The monoisotopic (exact) mass is 290 g/mol. The molecule has 1 fully saturated rings. The summed E-state index contributed by atoms with van der Waals surface area (Å²) < 4.78 is 7.04. The first-order valence-corrected chi connectivity index (χ1v) is 6.92. The molecular formula is C14H18N4O3. The molecule has 7 heteroatoms. The number of carboxylic acids is 1. The van der Waals surface area contributed by atoms with Gasteiger partial charge in [0.05, 0.1) is 12.7 Å². The topological polar surface area (TPSA) is 84.4 Å². The van der Waals surface area contributed by atoms with Crippen molar-refractivity contribution in [1.29, 1.82) is 0 Å². The Balaban J connectivity index is 1.77. The number of carbonyl (C=O) groups is 1. The summed E-state index contributed by atoms with van der Waals surface area (Å²) in [5, 5.41) is 17.5. The van der Waals surface area contributed by atoms with E-state index < -0.39 is 11.5 Å². The first-order chi connectivity index (χ1) is 9.99. The standard InChI is InChI=1S/C14H18N4O3/c1-14(13(19)20)4-3-5-18(14)9-11-6-12(16-21-11)10-7-15-17(2)8-10/h6-8H,3-5,9H2,1-2H3,(H,19,20). The third-order valence-corrected chi connectivity index (χ3v) is 4.16. The Morgan fingerprint density at radius 3 is 3.05 bits per heavy atom. The molecule has 2 aromatic rings. The Hall–Kier alpha value is -2.15. The number of nitrogens with zero attached hydrogens (tertiary/aromatic N) is 4. The maximum Gasteiger partial charge on any atom is 0.323 e. The van der Waals surface area contributed by atoms with Crippen LogP contribution in [0.4, 0.5) is 0 Å². The lowest BCUT2D eigenvalue weighted by Crippen LogP contribution is -2.47. The van der Waals surface area contributed by atoms with Crippen molar-refractivity contribution in [3.8, 4) is 11.3 Å². The predicted octanol–water partition coefficient (Wildman–Crippen LogP) is 1.51. The number of aromatic nitrogens is 3. The van der Waals surface area contributed by atoms with Gasteiger partial charge in [0, 0.05) is 24.9 Å². The van der Waals surface area contributed by atoms with Crippen molar-refractivity contribution in [3.63, 3.8) is 0 Å². The smallest absolute Gasteiger partial charge is 0.323 e. The predicted molar refractivity (Wildman–Crippen MR) is 74.4 cm³/mol. The van der Waals surface area contributed by atoms with Gasteiger partial charge in [-0.3, -0.25) is 14.4 Å². The summed E-state index contributed by atoms with van der Waals surface area (Å²) in [6.07, 6.45) is 5.12. The maximum absolute atomic E-state index is 11.5. The second-order valence-corrected chi connectivity index (χ2v) is 5.69. The van der Waals surface area contributed by atoms with Crippen LogP contribution >= 0.6 is 0 Å². The summed E-state index contributed by atoms with van der Waals surface area (Å²) >= 11 is 0. The van der Waals surface area contributed by atoms with Crippen LogP contribution in [0.25, 0.3) is 11.3 Å². The highest BCUT2D eigenvalue weighted by atomic mass is 16.5. The van der Waals surface area contributed by atoms with Crippen molar-refractivity contribution >= 4 is 5.97 Å². The van der Waals surface area contributed by atoms with E-state index in [-0.39, 0.29) is 0 Å². The molecule has 0 bridgehead atoms. The lowest BCUT2D eigenvalue weighted by Gasteiger charge is -2.29. The van der Waals surface area contributed by atoms with E-state index in [9.17, 15) is 9.90 Å². The molecule has 112 valence electrons. The van der Waals surface area contributed by atoms with Gasteiger partial charge in [0.25, 0.3) is 0 Å². The highest BCUT2D eigenvalue weighted by Gasteiger charge is 2.43. The molecule has 21 heavy (non-hydrogen) atoms. The lowest BCUT2D eigenvalue weighted by atomic mass is 9.99. The zero-order chi connectivity index (χ0) is 15.0. The average molecular weight is 290 g/mol. The van der Waals surface area contributed by atoms with Gasteiger partial charge in [0.1, 0.15) is 11.2 Å². The normalized spacial score (nSPS) is 22.8. The summed E-state index contributed by atoms with van der Waals surface area (Å²) in [6.45, 7) is 2.97. The maximum atomic E-state index is 11.5. The van der Waals surface area contributed by atoms with Gasteiger partial charge < -0.3 is 9.63 Å². The van der Waals surface area contributed by atoms with E-state index in [0.717, 1.165) is 18.5 Å². The van der Waals surface area contributed by atoms with E-state index in [2.05, 4.69) is 10.3 Å². The molecule has 0 aromatic carbocycles. The summed E-state index contributed by atoms with van der Waals surface area (Å²) in [7, 11) is 1.84. The second kappa shape index (κ2) is 5.00. The Kier molecular flexibility index (Phi) is 3.29. The highest BCUT2D eigenvalue weighted by molar-refractivity contribution is 5.78. The summed E-state index contributed by atoms with van der Waals surface area (Å²) in [6, 6.07) is 1.84. The molecule has 2 aromatic heterocycles. The fourth-order valence-electron chi connectivity index (χ4n) is 2.78. The fraction of sp³-hybridized carbons (Fsp3) is 0.500. The van der Waals surface area contributed by atoms with Gasteiger partial charge in [-0.15, -0.1) is 0 Å². The number of aryl methyl sites for hydroxylation is 1.